The fourth-order valence-electron chi connectivity index (χ4n) is 1.66. The van der Waals surface area contributed by atoms with Crippen LogP contribution in [0.5, 0.6) is 0 Å². The Morgan fingerprint density at radius 2 is 2.12 bits per heavy atom. The van der Waals surface area contributed by atoms with Crippen molar-refractivity contribution >= 4 is 5.69 Å². The highest BCUT2D eigenvalue weighted by atomic mass is 16.6. The monoisotopic (exact) mass is 222 g/mol. The van der Waals surface area contributed by atoms with E-state index in [9.17, 15) is 10.1 Å². The molecule has 0 saturated heterocycles. The van der Waals surface area contributed by atoms with Crippen LogP contribution in [-0.2, 0) is 5.41 Å². The van der Waals surface area contributed by atoms with Crippen LogP contribution in [-0.4, -0.2) is 11.5 Å². The second-order valence-electron chi connectivity index (χ2n) is 4.58. The Kier molecular flexibility index (Phi) is 3.65. The van der Waals surface area contributed by atoms with Gasteiger partial charge in [0.2, 0.25) is 0 Å². The van der Waals surface area contributed by atoms with Gasteiger partial charge in [-0.25, -0.2) is 0 Å². The van der Waals surface area contributed by atoms with Crippen molar-refractivity contribution in [2.75, 3.05) is 6.54 Å². The third-order valence-corrected chi connectivity index (χ3v) is 3.41. The third kappa shape index (κ3) is 2.22. The van der Waals surface area contributed by atoms with E-state index in [1.807, 2.05) is 13.0 Å². The summed E-state index contributed by atoms with van der Waals surface area (Å²) in [4.78, 5) is 10.3. The molecule has 1 aromatic carbocycles. The molecule has 0 radical (unpaired) electrons. The first-order chi connectivity index (χ1) is 7.41. The van der Waals surface area contributed by atoms with Crippen molar-refractivity contribution in [1.29, 1.82) is 0 Å². The zero-order chi connectivity index (χ0) is 12.3. The molecule has 0 spiro atoms. The number of nitrogens with two attached hydrogens (primary N) is 1. The van der Waals surface area contributed by atoms with Crippen molar-refractivity contribution in [2.45, 2.75) is 26.2 Å². The molecule has 0 bridgehead atoms. The first-order valence-corrected chi connectivity index (χ1v) is 5.37. The van der Waals surface area contributed by atoms with Crippen LogP contribution in [0.25, 0.3) is 0 Å². The minimum atomic E-state index is -0.374. The van der Waals surface area contributed by atoms with E-state index < -0.39 is 0 Å². The molecule has 0 fully saturated rings. The highest BCUT2D eigenvalue weighted by Gasteiger charge is 2.29. The minimum Gasteiger partial charge on any atom is -0.330 e. The molecule has 4 heteroatoms. The fourth-order valence-corrected chi connectivity index (χ4v) is 1.66. The third-order valence-electron chi connectivity index (χ3n) is 3.41. The maximum Gasteiger partial charge on any atom is 0.269 e. The summed E-state index contributed by atoms with van der Waals surface area (Å²) in [5.74, 6) is 0.333. The van der Waals surface area contributed by atoms with Gasteiger partial charge in [-0.3, -0.25) is 10.1 Å². The first-order valence-electron chi connectivity index (χ1n) is 5.37. The van der Waals surface area contributed by atoms with E-state index in [4.69, 9.17) is 5.73 Å². The second kappa shape index (κ2) is 4.61. The molecule has 0 aliphatic rings. The molecule has 4 nitrogen and oxygen atoms in total. The van der Waals surface area contributed by atoms with E-state index in [1.54, 1.807) is 12.1 Å². The number of hydrogen-bond acceptors (Lipinski definition) is 3. The van der Waals surface area contributed by atoms with E-state index in [2.05, 4.69) is 13.8 Å². The summed E-state index contributed by atoms with van der Waals surface area (Å²) >= 11 is 0. The number of non-ortho nitro benzene ring substituents is 1. The Labute approximate surface area is 95.6 Å². The Morgan fingerprint density at radius 3 is 2.56 bits per heavy atom. The topological polar surface area (TPSA) is 69.2 Å². The average Bonchev–Trinajstić information content (AvgIpc) is 2.27. The van der Waals surface area contributed by atoms with Crippen LogP contribution in [0.1, 0.15) is 26.3 Å². The Morgan fingerprint density at radius 1 is 1.50 bits per heavy atom. The molecule has 0 saturated carbocycles. The molecule has 0 aliphatic carbocycles. The molecule has 1 rings (SSSR count). The van der Waals surface area contributed by atoms with E-state index in [0.29, 0.717) is 12.5 Å². The normalized spacial score (nSPS) is 14.8. The van der Waals surface area contributed by atoms with Gasteiger partial charge in [-0.1, -0.05) is 32.9 Å². The van der Waals surface area contributed by atoms with Crippen molar-refractivity contribution in [3.05, 3.63) is 39.9 Å². The van der Waals surface area contributed by atoms with E-state index >= 15 is 0 Å². The van der Waals surface area contributed by atoms with Crippen LogP contribution < -0.4 is 5.73 Å². The SMILES string of the molecule is CC(C)C(C)(CN)c1cccc([N+](=O)[O-])c1. The van der Waals surface area contributed by atoms with Gasteiger partial charge >= 0.3 is 0 Å². The molecule has 1 unspecified atom stereocenters. The number of hydrogen-bond donors (Lipinski definition) is 1. The smallest absolute Gasteiger partial charge is 0.269 e. The van der Waals surface area contributed by atoms with Gasteiger partial charge in [0.15, 0.2) is 0 Å². The van der Waals surface area contributed by atoms with Gasteiger partial charge in [0.1, 0.15) is 0 Å². The molecule has 2 N–H and O–H groups in total. The minimum absolute atomic E-state index is 0.123. The van der Waals surface area contributed by atoms with Crippen LogP contribution in [0.15, 0.2) is 24.3 Å². The average molecular weight is 222 g/mol. The number of rotatable bonds is 4. The predicted molar refractivity (Wildman–Crippen MR) is 64.3 cm³/mol. The van der Waals surface area contributed by atoms with Gasteiger partial charge in [-0.05, 0) is 11.5 Å². The van der Waals surface area contributed by atoms with Crippen LogP contribution >= 0.6 is 0 Å². The number of nitrogens with zero attached hydrogens (tertiary/aromatic N) is 1. The zero-order valence-corrected chi connectivity index (χ0v) is 9.93. The molecule has 16 heavy (non-hydrogen) atoms. The molecule has 1 aromatic rings. The van der Waals surface area contributed by atoms with Crippen molar-refractivity contribution < 1.29 is 4.92 Å². The van der Waals surface area contributed by atoms with Crippen molar-refractivity contribution in [2.24, 2.45) is 11.7 Å². The largest absolute Gasteiger partial charge is 0.330 e. The van der Waals surface area contributed by atoms with Crippen LogP contribution in [0.2, 0.25) is 0 Å². The predicted octanol–water partition coefficient (Wildman–Crippen LogP) is 2.47. The molecule has 0 heterocycles. The Bertz CT molecular complexity index is 390. The van der Waals surface area contributed by atoms with Crippen molar-refractivity contribution in [1.82, 2.24) is 0 Å². The fraction of sp³-hybridized carbons (Fsp3) is 0.500. The van der Waals surface area contributed by atoms with Gasteiger partial charge in [-0.2, -0.15) is 0 Å². The van der Waals surface area contributed by atoms with Crippen LogP contribution in [0.3, 0.4) is 0 Å². The summed E-state index contributed by atoms with van der Waals surface area (Å²) < 4.78 is 0. The zero-order valence-electron chi connectivity index (χ0n) is 9.93. The summed E-state index contributed by atoms with van der Waals surface area (Å²) in [5.41, 5.74) is 6.63. The highest BCUT2D eigenvalue weighted by Crippen LogP contribution is 2.32. The number of benzene rings is 1. The molecule has 1 atom stereocenters. The molecular weight excluding hydrogens is 204 g/mol. The van der Waals surface area contributed by atoms with E-state index in [-0.39, 0.29) is 16.0 Å². The summed E-state index contributed by atoms with van der Waals surface area (Å²) in [6.07, 6.45) is 0. The van der Waals surface area contributed by atoms with Gasteiger partial charge in [0.25, 0.3) is 5.69 Å². The van der Waals surface area contributed by atoms with E-state index in [0.717, 1.165) is 5.56 Å². The number of nitro groups is 1. The van der Waals surface area contributed by atoms with Crippen LogP contribution in [0, 0.1) is 16.0 Å². The maximum absolute atomic E-state index is 10.7. The lowest BCUT2D eigenvalue weighted by Crippen LogP contribution is -2.37. The quantitative estimate of drug-likeness (QED) is 0.628. The summed E-state index contributed by atoms with van der Waals surface area (Å²) in [5, 5.41) is 10.7. The molecule has 88 valence electrons. The van der Waals surface area contributed by atoms with Gasteiger partial charge in [0, 0.05) is 24.1 Å². The highest BCUT2D eigenvalue weighted by molar-refractivity contribution is 5.38. The lowest BCUT2D eigenvalue weighted by molar-refractivity contribution is -0.385. The van der Waals surface area contributed by atoms with E-state index in [1.165, 1.54) is 6.07 Å². The van der Waals surface area contributed by atoms with Gasteiger partial charge < -0.3 is 5.73 Å². The molecular formula is C12H18N2O2. The van der Waals surface area contributed by atoms with Gasteiger partial charge in [-0.15, -0.1) is 0 Å². The Hall–Kier alpha value is -1.42. The summed E-state index contributed by atoms with van der Waals surface area (Å²) in [6.45, 7) is 6.67. The Balaban J connectivity index is 3.21. The lowest BCUT2D eigenvalue weighted by atomic mass is 9.73. The summed E-state index contributed by atoms with van der Waals surface area (Å²) in [7, 11) is 0. The molecule has 0 amide bonds. The van der Waals surface area contributed by atoms with Crippen molar-refractivity contribution in [3.63, 3.8) is 0 Å². The van der Waals surface area contributed by atoms with Gasteiger partial charge in [0.05, 0.1) is 4.92 Å². The number of nitro benzene ring substituents is 1. The van der Waals surface area contributed by atoms with Crippen LogP contribution in [0.4, 0.5) is 5.69 Å². The van der Waals surface area contributed by atoms with Crippen molar-refractivity contribution in [3.8, 4) is 0 Å². The standard InChI is InChI=1S/C12H18N2O2/c1-9(2)12(3,8-13)10-5-4-6-11(7-10)14(15)16/h4-7,9H,8,13H2,1-3H3. The maximum atomic E-state index is 10.7. The molecule has 0 aliphatic heterocycles. The summed E-state index contributed by atoms with van der Waals surface area (Å²) in [6, 6.07) is 6.73. The lowest BCUT2D eigenvalue weighted by Gasteiger charge is -2.32. The second-order valence-corrected chi connectivity index (χ2v) is 4.58. The molecule has 0 aromatic heterocycles. The first kappa shape index (κ1) is 12.6.